The predicted molar refractivity (Wildman–Crippen MR) is 324 cm³/mol. The molecule has 10 aromatic rings. The minimum absolute atomic E-state index is 0. The van der Waals surface area contributed by atoms with Crippen LogP contribution in [0.4, 0.5) is 0 Å². The molecule has 10 rings (SSSR count). The van der Waals surface area contributed by atoms with Crippen molar-refractivity contribution in [3.8, 4) is 44.5 Å². The van der Waals surface area contributed by atoms with Crippen LogP contribution in [0.25, 0.3) is 66.1 Å². The van der Waals surface area contributed by atoms with E-state index in [2.05, 4.69) is 258 Å². The maximum atomic E-state index is 3.06. The van der Waals surface area contributed by atoms with Crippen molar-refractivity contribution in [3.05, 3.63) is 264 Å². The minimum atomic E-state index is 0. The molecule has 0 aromatic heterocycles. The van der Waals surface area contributed by atoms with Gasteiger partial charge in [0.25, 0.3) is 0 Å². The van der Waals surface area contributed by atoms with Crippen LogP contribution in [-0.4, -0.2) is 6.88 Å². The van der Waals surface area contributed by atoms with Gasteiger partial charge in [-0.3, -0.25) is 0 Å². The summed E-state index contributed by atoms with van der Waals surface area (Å²) >= 11 is 1.36. The predicted octanol–water partition coefficient (Wildman–Crippen LogP) is 20.2. The topological polar surface area (TPSA) is 0 Å². The molecule has 0 heterocycles. The molecule has 0 saturated heterocycles. The summed E-state index contributed by atoms with van der Waals surface area (Å²) in [5.74, 6) is 1.06. The monoisotopic (exact) mass is 1060 g/mol. The summed E-state index contributed by atoms with van der Waals surface area (Å²) in [6.07, 6.45) is 4.40. The number of benzene rings is 8. The van der Waals surface area contributed by atoms with Crippen LogP contribution in [0.15, 0.2) is 182 Å². The Hall–Kier alpha value is -5.92. The van der Waals surface area contributed by atoms with Gasteiger partial charge in [0, 0.05) is 0 Å². The molecular formula is C72H76SiZr-4. The van der Waals surface area contributed by atoms with Crippen molar-refractivity contribution in [2.75, 3.05) is 0 Å². The summed E-state index contributed by atoms with van der Waals surface area (Å²) in [6, 6.07) is 68.8. The third-order valence-corrected chi connectivity index (χ3v) is 14.5. The zero-order valence-corrected chi connectivity index (χ0v) is 49.8. The van der Waals surface area contributed by atoms with Crippen molar-refractivity contribution in [2.24, 2.45) is 0 Å². The van der Waals surface area contributed by atoms with E-state index in [0.717, 1.165) is 25.7 Å². The molecule has 74 heavy (non-hydrogen) atoms. The van der Waals surface area contributed by atoms with Gasteiger partial charge in [-0.25, -0.2) is 0 Å². The molecule has 0 N–H and O–H groups in total. The van der Waals surface area contributed by atoms with Gasteiger partial charge in [-0.15, -0.1) is 44.8 Å². The Kier molecular flexibility index (Phi) is 20.2. The van der Waals surface area contributed by atoms with Gasteiger partial charge in [0.1, 0.15) is 0 Å². The number of hydrogen-bond donors (Lipinski definition) is 0. The quantitative estimate of drug-likeness (QED) is 0.0845. The number of rotatable bonds is 12. The van der Waals surface area contributed by atoms with E-state index in [4.69, 9.17) is 0 Å². The average molecular weight is 1060 g/mol. The van der Waals surface area contributed by atoms with Gasteiger partial charge >= 0.3 is 30.2 Å². The molecule has 2 heteroatoms. The fourth-order valence-corrected chi connectivity index (χ4v) is 11.5. The molecule has 2 radical (unpaired) electrons. The van der Waals surface area contributed by atoms with Gasteiger partial charge in [-0.1, -0.05) is 249 Å². The summed E-state index contributed by atoms with van der Waals surface area (Å²) in [6.45, 7) is 25.2. The second-order valence-electron chi connectivity index (χ2n) is 20.6. The molecule has 0 saturated carbocycles. The van der Waals surface area contributed by atoms with Crippen LogP contribution in [0.3, 0.4) is 0 Å². The molecule has 0 aliphatic heterocycles. The molecule has 0 aliphatic carbocycles. The summed E-state index contributed by atoms with van der Waals surface area (Å²) in [4.78, 5) is 0. The van der Waals surface area contributed by atoms with Gasteiger partial charge < -0.3 is 14.9 Å². The number of hydrogen-bond acceptors (Lipinski definition) is 0. The first-order valence-corrected chi connectivity index (χ1v) is 30.1. The van der Waals surface area contributed by atoms with Crippen LogP contribution in [0.2, 0.25) is 0 Å². The standard InChI is InChI=1S/2C35H35.2CH3.Si.Zr/c2*1-6-28(29-10-8-7-9-11-29)20-27-21-34-32(30-16-23(2)14-24(3)17-30)12-13-33(35(34)22-27)31-18-25(4)15-26(5)19-31;;;;/h2*7-19,21-22,28H,6,20H2,1-5H3;2*1H3;;/q4*-1;;. The molecule has 10 aromatic carbocycles. The van der Waals surface area contributed by atoms with E-state index in [9.17, 15) is 0 Å². The van der Waals surface area contributed by atoms with Crippen molar-refractivity contribution < 1.29 is 23.3 Å². The molecule has 0 nitrogen and oxygen atoms in total. The fraction of sp³-hybridized carbons (Fsp3) is 0.222. The van der Waals surface area contributed by atoms with Crippen molar-refractivity contribution in [1.29, 1.82) is 0 Å². The van der Waals surface area contributed by atoms with Crippen molar-refractivity contribution in [1.82, 2.24) is 0 Å². The SMILES string of the molecule is CCC(Cc1cc2c(-c3cc(C)cc(C)c3)ccc(-c3cc(C)cc(C)c3)c2[cH-]1)c1ccccc1.CCC(Cc1cc2c(-c3cc(C)cc(C)c3)ccc(-c3cc(C)cc(C)c3)c2[cH-]1)c1ccccc1.[CH3-].[CH3-].[Si]=[Zr]. The summed E-state index contributed by atoms with van der Waals surface area (Å²) in [5.41, 5.74) is 26.8. The Labute approximate surface area is 463 Å². The Morgan fingerprint density at radius 2 is 0.608 bits per heavy atom. The fourth-order valence-electron chi connectivity index (χ4n) is 11.5. The van der Waals surface area contributed by atoms with Gasteiger partial charge in [0.2, 0.25) is 0 Å². The molecule has 0 aliphatic rings. The molecule has 0 spiro atoms. The molecule has 0 bridgehead atoms. The molecule has 2 atom stereocenters. The molecular weight excluding hydrogens is 984 g/mol. The average Bonchev–Trinajstić information content (AvgIpc) is 3.99. The van der Waals surface area contributed by atoms with E-state index >= 15 is 0 Å². The normalized spacial score (nSPS) is 11.6. The van der Waals surface area contributed by atoms with Crippen molar-refractivity contribution in [3.63, 3.8) is 0 Å². The van der Waals surface area contributed by atoms with Gasteiger partial charge in [0.05, 0.1) is 0 Å². The van der Waals surface area contributed by atoms with E-state index < -0.39 is 0 Å². The van der Waals surface area contributed by atoms with E-state index in [1.165, 1.54) is 156 Å². The second kappa shape index (κ2) is 26.0. The van der Waals surface area contributed by atoms with Gasteiger partial charge in [-0.05, 0) is 115 Å². The van der Waals surface area contributed by atoms with Crippen LogP contribution in [-0.2, 0) is 36.2 Å². The molecule has 0 amide bonds. The van der Waals surface area contributed by atoms with Crippen LogP contribution in [0.5, 0.6) is 0 Å². The molecule has 376 valence electrons. The van der Waals surface area contributed by atoms with Crippen LogP contribution >= 0.6 is 0 Å². The van der Waals surface area contributed by atoms with Crippen molar-refractivity contribution >= 4 is 28.4 Å². The van der Waals surface area contributed by atoms with Crippen molar-refractivity contribution in [2.45, 2.75) is 107 Å². The number of fused-ring (bicyclic) bond motifs is 2. The maximum absolute atomic E-state index is 3.06. The van der Waals surface area contributed by atoms with Crippen LogP contribution < -0.4 is 0 Å². The second-order valence-corrected chi connectivity index (χ2v) is 20.6. The first-order chi connectivity index (χ1) is 34.8. The van der Waals surface area contributed by atoms with E-state index in [-0.39, 0.29) is 14.9 Å². The zero-order chi connectivity index (χ0) is 51.1. The Morgan fingerprint density at radius 3 is 0.878 bits per heavy atom. The third kappa shape index (κ3) is 13.5. The van der Waals surface area contributed by atoms with Crippen LogP contribution in [0, 0.1) is 70.2 Å². The van der Waals surface area contributed by atoms with E-state index in [1.54, 1.807) is 0 Å². The van der Waals surface area contributed by atoms with Gasteiger partial charge in [0.15, 0.2) is 0 Å². The van der Waals surface area contributed by atoms with E-state index in [1.807, 2.05) is 0 Å². The summed E-state index contributed by atoms with van der Waals surface area (Å²) < 4.78 is 0. The van der Waals surface area contributed by atoms with E-state index in [0.29, 0.717) is 11.8 Å². The third-order valence-electron chi connectivity index (χ3n) is 14.5. The Bertz CT molecular complexity index is 2970. The first kappa shape index (κ1) is 57.4. The molecule has 0 fully saturated rings. The summed E-state index contributed by atoms with van der Waals surface area (Å²) in [5, 5.41) is 5.46. The first-order valence-electron chi connectivity index (χ1n) is 26.0. The zero-order valence-electron chi connectivity index (χ0n) is 46.3. The Morgan fingerprint density at radius 1 is 0.351 bits per heavy atom. The summed E-state index contributed by atoms with van der Waals surface area (Å²) in [7, 11) is 0. The van der Waals surface area contributed by atoms with Crippen LogP contribution in [0.1, 0.15) is 105 Å². The Balaban J connectivity index is 0.000000227. The molecule has 2 unspecified atom stereocenters. The van der Waals surface area contributed by atoms with Gasteiger partial charge in [-0.2, -0.15) is 12.1 Å². The number of aryl methyl sites for hydroxylation is 8.